The molecule has 1 aromatic carbocycles. The predicted molar refractivity (Wildman–Crippen MR) is 94.4 cm³/mol. The fourth-order valence-electron chi connectivity index (χ4n) is 2.33. The molecule has 0 bridgehead atoms. The molecule has 0 saturated carbocycles. The molecule has 0 aliphatic heterocycles. The molecule has 8 nitrogen and oxygen atoms in total. The minimum Gasteiger partial charge on any atom is -0.403 e. The number of alkyl halides is 3. The lowest BCUT2D eigenvalue weighted by Crippen LogP contribution is -2.33. The van der Waals surface area contributed by atoms with Crippen LogP contribution in [0, 0.1) is 5.82 Å². The summed E-state index contributed by atoms with van der Waals surface area (Å²) in [5.74, 6) is -2.88. The molecule has 0 unspecified atom stereocenters. The molecule has 1 aromatic heterocycles. The number of halogens is 4. The highest BCUT2D eigenvalue weighted by atomic mass is 19.4. The van der Waals surface area contributed by atoms with Crippen molar-refractivity contribution in [2.45, 2.75) is 12.4 Å². The lowest BCUT2D eigenvalue weighted by molar-refractivity contribution is -0.275. The van der Waals surface area contributed by atoms with Crippen molar-refractivity contribution in [3.63, 3.8) is 0 Å². The van der Waals surface area contributed by atoms with Gasteiger partial charge in [-0.3, -0.25) is 14.6 Å². The Balaban J connectivity index is 2.27. The van der Waals surface area contributed by atoms with Gasteiger partial charge in [0.05, 0.1) is 12.6 Å². The first-order valence-corrected chi connectivity index (χ1v) is 8.14. The summed E-state index contributed by atoms with van der Waals surface area (Å²) in [4.78, 5) is 32.2. The summed E-state index contributed by atoms with van der Waals surface area (Å²) in [6, 6.07) is 2.80. The SMILES string of the molecule is COC[C@H](NC(=O)c1cc(=O)[nH]c(N(C)C)n1)c1ccc(OC(F)(F)F)c(F)c1. The Labute approximate surface area is 162 Å². The highest BCUT2D eigenvalue weighted by Crippen LogP contribution is 2.28. The monoisotopic (exact) mass is 418 g/mol. The molecule has 1 amide bonds. The molecule has 0 fully saturated rings. The van der Waals surface area contributed by atoms with Crippen molar-refractivity contribution in [3.8, 4) is 5.75 Å². The van der Waals surface area contributed by atoms with E-state index < -0.39 is 35.4 Å². The van der Waals surface area contributed by atoms with Crippen LogP contribution in [0.1, 0.15) is 22.1 Å². The summed E-state index contributed by atoms with van der Waals surface area (Å²) in [5.41, 5.74) is -0.627. The smallest absolute Gasteiger partial charge is 0.403 e. The average molecular weight is 418 g/mol. The van der Waals surface area contributed by atoms with Gasteiger partial charge in [0.2, 0.25) is 5.95 Å². The van der Waals surface area contributed by atoms with E-state index in [9.17, 15) is 27.2 Å². The Morgan fingerprint density at radius 2 is 2.00 bits per heavy atom. The van der Waals surface area contributed by atoms with Crippen molar-refractivity contribution < 1.29 is 31.8 Å². The van der Waals surface area contributed by atoms with Crippen LogP contribution >= 0.6 is 0 Å². The number of hydrogen-bond donors (Lipinski definition) is 2. The zero-order chi connectivity index (χ0) is 21.8. The Morgan fingerprint density at radius 3 is 2.55 bits per heavy atom. The van der Waals surface area contributed by atoms with Crippen LogP contribution in [0.4, 0.5) is 23.5 Å². The minimum atomic E-state index is -5.04. The third-order valence-electron chi connectivity index (χ3n) is 3.61. The summed E-state index contributed by atoms with van der Waals surface area (Å²) in [7, 11) is 4.55. The number of aromatic nitrogens is 2. The Bertz CT molecular complexity index is 930. The number of ether oxygens (including phenoxy) is 2. The van der Waals surface area contributed by atoms with Crippen LogP contribution in [0.5, 0.6) is 5.75 Å². The summed E-state index contributed by atoms with van der Waals surface area (Å²) in [5, 5.41) is 2.51. The normalized spacial score (nSPS) is 12.4. The molecular formula is C17H18F4N4O4. The topological polar surface area (TPSA) is 96.5 Å². The van der Waals surface area contributed by atoms with E-state index in [-0.39, 0.29) is 23.8 Å². The number of anilines is 1. The summed E-state index contributed by atoms with van der Waals surface area (Å²) in [6.45, 7) is -0.117. The van der Waals surface area contributed by atoms with Gasteiger partial charge in [-0.25, -0.2) is 9.37 Å². The number of rotatable bonds is 7. The van der Waals surface area contributed by atoms with E-state index in [0.29, 0.717) is 0 Å². The molecule has 2 rings (SSSR count). The molecule has 0 radical (unpaired) electrons. The van der Waals surface area contributed by atoms with E-state index in [0.717, 1.165) is 24.3 Å². The molecule has 158 valence electrons. The number of methoxy groups -OCH3 is 1. The van der Waals surface area contributed by atoms with Crippen molar-refractivity contribution in [2.24, 2.45) is 0 Å². The van der Waals surface area contributed by atoms with Gasteiger partial charge in [-0.15, -0.1) is 13.2 Å². The van der Waals surface area contributed by atoms with Crippen molar-refractivity contribution >= 4 is 11.9 Å². The van der Waals surface area contributed by atoms with Gasteiger partial charge in [-0.05, 0) is 17.7 Å². The fraction of sp³-hybridized carbons (Fsp3) is 0.353. The van der Waals surface area contributed by atoms with E-state index in [2.05, 4.69) is 20.0 Å². The quantitative estimate of drug-likeness (QED) is 0.668. The Morgan fingerprint density at radius 1 is 1.31 bits per heavy atom. The van der Waals surface area contributed by atoms with Crippen molar-refractivity contribution in [3.05, 3.63) is 51.7 Å². The summed E-state index contributed by atoms with van der Waals surface area (Å²) in [6.07, 6.45) is -5.04. The number of hydrogen-bond acceptors (Lipinski definition) is 6. The van der Waals surface area contributed by atoms with E-state index in [4.69, 9.17) is 4.74 Å². The number of amides is 1. The lowest BCUT2D eigenvalue weighted by Gasteiger charge is -2.19. The van der Waals surface area contributed by atoms with Crippen molar-refractivity contribution in [2.75, 3.05) is 32.7 Å². The van der Waals surface area contributed by atoms with Gasteiger partial charge in [0.1, 0.15) is 5.69 Å². The maximum absolute atomic E-state index is 14.0. The van der Waals surface area contributed by atoms with Gasteiger partial charge in [0, 0.05) is 27.3 Å². The minimum absolute atomic E-state index is 0.117. The van der Waals surface area contributed by atoms with Gasteiger partial charge < -0.3 is 19.7 Å². The number of nitrogens with zero attached hydrogens (tertiary/aromatic N) is 2. The van der Waals surface area contributed by atoms with Crippen LogP contribution in [0.15, 0.2) is 29.1 Å². The lowest BCUT2D eigenvalue weighted by atomic mass is 10.1. The maximum atomic E-state index is 14.0. The second kappa shape index (κ2) is 8.90. The van der Waals surface area contributed by atoms with Gasteiger partial charge in [-0.1, -0.05) is 6.07 Å². The van der Waals surface area contributed by atoms with Crippen LogP contribution in [0.25, 0.3) is 0 Å². The van der Waals surface area contributed by atoms with Gasteiger partial charge in [0.25, 0.3) is 11.5 Å². The zero-order valence-corrected chi connectivity index (χ0v) is 15.6. The standard InChI is InChI=1S/C17H18F4N4O4/c1-25(2)16-23-11(7-14(26)24-16)15(27)22-12(8-28-3)9-4-5-13(10(18)6-9)29-17(19,20)21/h4-7,12H,8H2,1-3H3,(H,22,27)(H,23,24,26)/t12-/m0/s1. The number of nitrogens with one attached hydrogen (secondary N) is 2. The molecule has 0 saturated heterocycles. The first kappa shape index (κ1) is 22.1. The first-order valence-electron chi connectivity index (χ1n) is 8.14. The fourth-order valence-corrected chi connectivity index (χ4v) is 2.33. The molecule has 1 heterocycles. The first-order chi connectivity index (χ1) is 13.5. The Kier molecular flexibility index (Phi) is 6.80. The van der Waals surface area contributed by atoms with Crippen molar-refractivity contribution in [1.29, 1.82) is 0 Å². The van der Waals surface area contributed by atoms with E-state index in [1.807, 2.05) is 0 Å². The van der Waals surface area contributed by atoms with E-state index >= 15 is 0 Å². The largest absolute Gasteiger partial charge is 0.573 e. The number of carbonyl (C=O) groups excluding carboxylic acids is 1. The molecule has 29 heavy (non-hydrogen) atoms. The third kappa shape index (κ3) is 6.17. The zero-order valence-electron chi connectivity index (χ0n) is 15.6. The van der Waals surface area contributed by atoms with Crippen molar-refractivity contribution in [1.82, 2.24) is 15.3 Å². The molecule has 0 aliphatic carbocycles. The van der Waals surface area contributed by atoms with Gasteiger partial charge >= 0.3 is 6.36 Å². The summed E-state index contributed by atoms with van der Waals surface area (Å²) >= 11 is 0. The highest BCUT2D eigenvalue weighted by Gasteiger charge is 2.32. The van der Waals surface area contributed by atoms with Crippen LogP contribution in [0.2, 0.25) is 0 Å². The van der Waals surface area contributed by atoms with Gasteiger partial charge in [0.15, 0.2) is 11.6 Å². The van der Waals surface area contributed by atoms with Crippen LogP contribution in [0.3, 0.4) is 0 Å². The molecular weight excluding hydrogens is 400 g/mol. The number of H-pyrrole nitrogens is 1. The molecule has 0 spiro atoms. The van der Waals surface area contributed by atoms with E-state index in [1.54, 1.807) is 14.1 Å². The molecule has 12 heteroatoms. The van der Waals surface area contributed by atoms with Crippen LogP contribution < -0.4 is 20.5 Å². The molecule has 2 N–H and O–H groups in total. The van der Waals surface area contributed by atoms with Crippen LogP contribution in [-0.2, 0) is 4.74 Å². The molecule has 2 aromatic rings. The second-order valence-corrected chi connectivity index (χ2v) is 6.07. The maximum Gasteiger partial charge on any atom is 0.573 e. The number of aromatic amines is 1. The molecule has 1 atom stereocenters. The molecule has 0 aliphatic rings. The van der Waals surface area contributed by atoms with E-state index in [1.165, 1.54) is 12.0 Å². The van der Waals surface area contributed by atoms with Gasteiger partial charge in [-0.2, -0.15) is 0 Å². The average Bonchev–Trinajstić information content (AvgIpc) is 2.61. The predicted octanol–water partition coefficient (Wildman–Crippen LogP) is 1.99. The number of benzene rings is 1. The second-order valence-electron chi connectivity index (χ2n) is 6.07. The Hall–Kier alpha value is -3.15. The highest BCUT2D eigenvalue weighted by molar-refractivity contribution is 5.92. The number of carbonyl (C=O) groups is 1. The van der Waals surface area contributed by atoms with Crippen LogP contribution in [-0.4, -0.2) is 50.0 Å². The third-order valence-corrected chi connectivity index (χ3v) is 3.61. The summed E-state index contributed by atoms with van der Waals surface area (Å²) < 4.78 is 59.4.